The van der Waals surface area contributed by atoms with Gasteiger partial charge in [0.25, 0.3) is 5.91 Å². The number of aliphatic hydroxyl groups is 1. The summed E-state index contributed by atoms with van der Waals surface area (Å²) in [6.45, 7) is 2.34. The number of alkyl halides is 3. The minimum Gasteiger partial charge on any atom is -0.381 e. The molecule has 0 radical (unpaired) electrons. The van der Waals surface area contributed by atoms with Crippen molar-refractivity contribution in [3.63, 3.8) is 0 Å². The standard InChI is InChI=1S/C11H13F3N2O4/c1-10(2,18)9(17)15-6-3-4-8(16(19)20)7(5-6)11(12,13)14/h3-5,18-20H,1-2H3,(H,15,17). The average molecular weight is 294 g/mol. The molecule has 1 rings (SSSR count). The maximum absolute atomic E-state index is 12.7. The lowest BCUT2D eigenvalue weighted by Gasteiger charge is -2.19. The Balaban J connectivity index is 3.18. The molecule has 0 saturated carbocycles. The Hall–Kier alpha value is -1.84. The topological polar surface area (TPSA) is 93.0 Å². The van der Waals surface area contributed by atoms with Crippen molar-refractivity contribution in [2.24, 2.45) is 0 Å². The highest BCUT2D eigenvalue weighted by Crippen LogP contribution is 2.37. The summed E-state index contributed by atoms with van der Waals surface area (Å²) in [7, 11) is 0. The van der Waals surface area contributed by atoms with Gasteiger partial charge in [0.15, 0.2) is 0 Å². The Labute approximate surface area is 112 Å². The molecule has 112 valence electrons. The SMILES string of the molecule is CC(C)(O)C(=O)Nc1ccc(N(O)O)c(C(F)(F)F)c1. The van der Waals surface area contributed by atoms with Crippen LogP contribution in [-0.4, -0.2) is 27.0 Å². The van der Waals surface area contributed by atoms with E-state index in [9.17, 15) is 23.1 Å². The van der Waals surface area contributed by atoms with Gasteiger partial charge in [-0.05, 0) is 32.0 Å². The molecule has 0 heterocycles. The lowest BCUT2D eigenvalue weighted by molar-refractivity contribution is -0.138. The van der Waals surface area contributed by atoms with Crippen LogP contribution in [0.5, 0.6) is 0 Å². The fourth-order valence-electron chi connectivity index (χ4n) is 1.30. The number of nitrogens with zero attached hydrogens (tertiary/aromatic N) is 1. The summed E-state index contributed by atoms with van der Waals surface area (Å²) in [4.78, 5) is 11.5. The third-order valence-electron chi connectivity index (χ3n) is 2.33. The molecular formula is C11H13F3N2O4. The van der Waals surface area contributed by atoms with E-state index in [1.54, 1.807) is 0 Å². The van der Waals surface area contributed by atoms with Crippen molar-refractivity contribution in [3.8, 4) is 0 Å². The van der Waals surface area contributed by atoms with Crippen LogP contribution in [0.2, 0.25) is 0 Å². The number of carbonyl (C=O) groups is 1. The highest BCUT2D eigenvalue weighted by atomic mass is 19.4. The smallest absolute Gasteiger partial charge is 0.381 e. The number of amides is 1. The zero-order valence-electron chi connectivity index (χ0n) is 10.6. The molecular weight excluding hydrogens is 281 g/mol. The Morgan fingerprint density at radius 2 is 1.80 bits per heavy atom. The fraction of sp³-hybridized carbons (Fsp3) is 0.364. The number of carbonyl (C=O) groups excluding carboxylic acids is 1. The largest absolute Gasteiger partial charge is 0.418 e. The summed E-state index contributed by atoms with van der Waals surface area (Å²) in [5, 5.41) is 28.3. The zero-order valence-corrected chi connectivity index (χ0v) is 10.6. The molecule has 0 aliphatic heterocycles. The van der Waals surface area contributed by atoms with Crippen molar-refractivity contribution < 1.29 is 33.5 Å². The van der Waals surface area contributed by atoms with E-state index in [2.05, 4.69) is 5.32 Å². The normalized spacial score (nSPS) is 12.2. The first-order chi connectivity index (χ1) is 8.93. The third kappa shape index (κ3) is 3.83. The van der Waals surface area contributed by atoms with E-state index in [-0.39, 0.29) is 5.69 Å². The maximum atomic E-state index is 12.7. The van der Waals surface area contributed by atoms with Gasteiger partial charge in [0.1, 0.15) is 11.3 Å². The molecule has 4 N–H and O–H groups in total. The summed E-state index contributed by atoms with van der Waals surface area (Å²) in [5.41, 5.74) is -4.25. The van der Waals surface area contributed by atoms with Crippen LogP contribution in [0.4, 0.5) is 24.5 Å². The van der Waals surface area contributed by atoms with Gasteiger partial charge in [-0.3, -0.25) is 15.2 Å². The summed E-state index contributed by atoms with van der Waals surface area (Å²) >= 11 is 0. The van der Waals surface area contributed by atoms with Crippen LogP contribution < -0.4 is 10.5 Å². The number of halogens is 3. The predicted molar refractivity (Wildman–Crippen MR) is 62.4 cm³/mol. The van der Waals surface area contributed by atoms with Crippen LogP contribution in [0.3, 0.4) is 0 Å². The number of nitrogens with one attached hydrogen (secondary N) is 1. The van der Waals surface area contributed by atoms with Crippen molar-refractivity contribution >= 4 is 17.3 Å². The molecule has 0 aliphatic rings. The summed E-state index contributed by atoms with van der Waals surface area (Å²) < 4.78 is 38.2. The highest BCUT2D eigenvalue weighted by Gasteiger charge is 2.35. The lowest BCUT2D eigenvalue weighted by atomic mass is 10.1. The van der Waals surface area contributed by atoms with Gasteiger partial charge in [-0.1, -0.05) is 0 Å². The Morgan fingerprint density at radius 1 is 1.25 bits per heavy atom. The number of hydrogen-bond donors (Lipinski definition) is 4. The van der Waals surface area contributed by atoms with Crippen LogP contribution >= 0.6 is 0 Å². The molecule has 1 amide bonds. The molecule has 0 unspecified atom stereocenters. The second-order valence-corrected chi connectivity index (χ2v) is 4.53. The van der Waals surface area contributed by atoms with Crippen molar-refractivity contribution in [2.45, 2.75) is 25.6 Å². The van der Waals surface area contributed by atoms with E-state index in [1.165, 1.54) is 13.8 Å². The van der Waals surface area contributed by atoms with Crippen LogP contribution in [0.15, 0.2) is 18.2 Å². The molecule has 0 fully saturated rings. The van der Waals surface area contributed by atoms with Gasteiger partial charge in [-0.25, -0.2) is 0 Å². The summed E-state index contributed by atoms with van der Waals surface area (Å²) in [6, 6.07) is 2.33. The van der Waals surface area contributed by atoms with Crippen molar-refractivity contribution in [1.29, 1.82) is 0 Å². The molecule has 9 heteroatoms. The van der Waals surface area contributed by atoms with E-state index in [4.69, 9.17) is 10.4 Å². The molecule has 1 aromatic rings. The highest BCUT2D eigenvalue weighted by molar-refractivity contribution is 5.96. The first-order valence-electron chi connectivity index (χ1n) is 5.36. The first-order valence-corrected chi connectivity index (χ1v) is 5.36. The third-order valence-corrected chi connectivity index (χ3v) is 2.33. The lowest BCUT2D eigenvalue weighted by Crippen LogP contribution is -2.36. The van der Waals surface area contributed by atoms with Crippen molar-refractivity contribution in [3.05, 3.63) is 23.8 Å². The molecule has 6 nitrogen and oxygen atoms in total. The van der Waals surface area contributed by atoms with E-state index < -0.39 is 34.2 Å². The molecule has 20 heavy (non-hydrogen) atoms. The minimum atomic E-state index is -4.85. The predicted octanol–water partition coefficient (Wildman–Crippen LogP) is 2.00. The molecule has 0 bridgehead atoms. The first kappa shape index (κ1) is 16.2. The van der Waals surface area contributed by atoms with Gasteiger partial charge in [-0.15, -0.1) is 5.23 Å². The number of hydrogen-bond acceptors (Lipinski definition) is 5. The van der Waals surface area contributed by atoms with E-state index >= 15 is 0 Å². The van der Waals surface area contributed by atoms with E-state index in [0.717, 1.165) is 12.1 Å². The minimum absolute atomic E-state index is 0.241. The van der Waals surface area contributed by atoms with Crippen LogP contribution in [0.1, 0.15) is 19.4 Å². The molecule has 0 atom stereocenters. The van der Waals surface area contributed by atoms with Gasteiger partial charge in [-0.2, -0.15) is 13.2 Å². The Kier molecular flexibility index (Phi) is 4.27. The second-order valence-electron chi connectivity index (χ2n) is 4.53. The van der Waals surface area contributed by atoms with Crippen LogP contribution in [0, 0.1) is 0 Å². The zero-order chi connectivity index (χ0) is 15.7. The maximum Gasteiger partial charge on any atom is 0.418 e. The van der Waals surface area contributed by atoms with Crippen molar-refractivity contribution in [2.75, 3.05) is 10.5 Å². The molecule has 0 spiro atoms. The Bertz CT molecular complexity index is 509. The second kappa shape index (κ2) is 5.27. The average Bonchev–Trinajstić information content (AvgIpc) is 2.26. The molecule has 1 aromatic carbocycles. The fourth-order valence-corrected chi connectivity index (χ4v) is 1.30. The molecule has 0 aromatic heterocycles. The molecule has 0 saturated heterocycles. The molecule has 0 aliphatic carbocycles. The Morgan fingerprint density at radius 3 is 2.20 bits per heavy atom. The number of rotatable bonds is 3. The van der Waals surface area contributed by atoms with E-state index in [0.29, 0.717) is 6.07 Å². The monoisotopic (exact) mass is 294 g/mol. The van der Waals surface area contributed by atoms with Gasteiger partial charge in [0, 0.05) is 5.69 Å². The van der Waals surface area contributed by atoms with Gasteiger partial charge in [0.2, 0.25) is 0 Å². The van der Waals surface area contributed by atoms with Crippen LogP contribution in [-0.2, 0) is 11.0 Å². The van der Waals surface area contributed by atoms with E-state index in [1.807, 2.05) is 0 Å². The summed E-state index contributed by atoms with van der Waals surface area (Å²) in [5.74, 6) is -0.900. The summed E-state index contributed by atoms with van der Waals surface area (Å²) in [6.07, 6.45) is -4.85. The van der Waals surface area contributed by atoms with Gasteiger partial charge < -0.3 is 10.4 Å². The van der Waals surface area contributed by atoms with Crippen molar-refractivity contribution in [1.82, 2.24) is 0 Å². The quantitative estimate of drug-likeness (QED) is 0.640. The van der Waals surface area contributed by atoms with Crippen LogP contribution in [0.25, 0.3) is 0 Å². The van der Waals surface area contributed by atoms with Gasteiger partial charge in [0.05, 0.1) is 5.56 Å². The van der Waals surface area contributed by atoms with Gasteiger partial charge >= 0.3 is 6.18 Å². The number of anilines is 2. The number of benzene rings is 1.